The highest BCUT2D eigenvalue weighted by Crippen LogP contribution is 2.34. The zero-order chi connectivity index (χ0) is 15.6. The molecule has 1 saturated carbocycles. The zero-order valence-corrected chi connectivity index (χ0v) is 14.1. The van der Waals surface area contributed by atoms with Crippen LogP contribution in [0.4, 0.5) is 0 Å². The molecular formula is C16H26N2O2S. The number of hydrogen-bond acceptors (Lipinski definition) is 3. The summed E-state index contributed by atoms with van der Waals surface area (Å²) in [6, 6.07) is 6.00. The van der Waals surface area contributed by atoms with E-state index >= 15 is 0 Å². The summed E-state index contributed by atoms with van der Waals surface area (Å²) in [6.45, 7) is 8.83. The zero-order valence-electron chi connectivity index (χ0n) is 13.3. The van der Waals surface area contributed by atoms with Crippen molar-refractivity contribution in [1.82, 2.24) is 10.0 Å². The third-order valence-electron chi connectivity index (χ3n) is 4.14. The quantitative estimate of drug-likeness (QED) is 0.814. The monoisotopic (exact) mass is 310 g/mol. The van der Waals surface area contributed by atoms with Crippen LogP contribution in [0.2, 0.25) is 0 Å². The highest BCUT2D eigenvalue weighted by molar-refractivity contribution is 7.89. The maximum absolute atomic E-state index is 12.5. The van der Waals surface area contributed by atoms with Gasteiger partial charge in [-0.25, -0.2) is 13.1 Å². The molecule has 0 aromatic heterocycles. The summed E-state index contributed by atoms with van der Waals surface area (Å²) in [4.78, 5) is 0.410. The van der Waals surface area contributed by atoms with Gasteiger partial charge in [0.15, 0.2) is 0 Å². The number of rotatable bonds is 7. The van der Waals surface area contributed by atoms with Crippen molar-refractivity contribution in [3.05, 3.63) is 29.3 Å². The van der Waals surface area contributed by atoms with E-state index in [2.05, 4.69) is 30.8 Å². The molecule has 4 nitrogen and oxygen atoms in total. The predicted molar refractivity (Wildman–Crippen MR) is 85.7 cm³/mol. The van der Waals surface area contributed by atoms with Gasteiger partial charge in [0, 0.05) is 18.6 Å². The van der Waals surface area contributed by atoms with Gasteiger partial charge in [0.2, 0.25) is 10.0 Å². The minimum Gasteiger partial charge on any atom is -0.310 e. The van der Waals surface area contributed by atoms with Crippen LogP contribution in [0.3, 0.4) is 0 Å². The summed E-state index contributed by atoms with van der Waals surface area (Å²) in [5.74, 6) is 0.505. The Balaban J connectivity index is 2.17. The fraction of sp³-hybridized carbons (Fsp3) is 0.625. The lowest BCUT2D eigenvalue weighted by atomic mass is 10.1. The van der Waals surface area contributed by atoms with Crippen LogP contribution in [0.5, 0.6) is 0 Å². The smallest absolute Gasteiger partial charge is 0.241 e. The third kappa shape index (κ3) is 4.05. The first kappa shape index (κ1) is 16.5. The second kappa shape index (κ2) is 6.46. The van der Waals surface area contributed by atoms with Gasteiger partial charge in [-0.15, -0.1) is 0 Å². The van der Waals surface area contributed by atoms with Gasteiger partial charge in [-0.05, 0) is 36.5 Å². The number of hydrogen-bond donors (Lipinski definition) is 2. The Morgan fingerprint density at radius 3 is 2.62 bits per heavy atom. The van der Waals surface area contributed by atoms with E-state index in [1.807, 2.05) is 19.1 Å². The van der Waals surface area contributed by atoms with Crippen LogP contribution >= 0.6 is 0 Å². The molecule has 21 heavy (non-hydrogen) atoms. The molecule has 118 valence electrons. The average molecular weight is 310 g/mol. The Bertz CT molecular complexity index is 596. The molecular weight excluding hydrogens is 284 g/mol. The standard InChI is InChI=1S/C16H26N2O2S/c1-5-13-9-15(13)18-21(19,20)16-8-6-7-14(12(16)4)10-17-11(2)3/h6-8,11,13,15,17-18H,5,9-10H2,1-4H3. The molecule has 0 heterocycles. The molecule has 0 saturated heterocycles. The van der Waals surface area contributed by atoms with Crippen LogP contribution < -0.4 is 10.0 Å². The van der Waals surface area contributed by atoms with Crippen molar-refractivity contribution in [3.63, 3.8) is 0 Å². The fourth-order valence-electron chi connectivity index (χ4n) is 2.56. The van der Waals surface area contributed by atoms with E-state index in [-0.39, 0.29) is 6.04 Å². The molecule has 0 amide bonds. The fourth-order valence-corrected chi connectivity index (χ4v) is 4.17. The average Bonchev–Trinajstić information content (AvgIpc) is 3.14. The number of nitrogens with one attached hydrogen (secondary N) is 2. The molecule has 2 N–H and O–H groups in total. The lowest BCUT2D eigenvalue weighted by Gasteiger charge is -2.14. The van der Waals surface area contributed by atoms with Crippen molar-refractivity contribution < 1.29 is 8.42 Å². The molecule has 0 bridgehead atoms. The maximum atomic E-state index is 12.5. The Labute approximate surface area is 128 Å². The predicted octanol–water partition coefficient (Wildman–Crippen LogP) is 2.57. The highest BCUT2D eigenvalue weighted by atomic mass is 32.2. The Hall–Kier alpha value is -0.910. The van der Waals surface area contributed by atoms with Crippen molar-refractivity contribution in [3.8, 4) is 0 Å². The van der Waals surface area contributed by atoms with E-state index in [0.717, 1.165) is 24.0 Å². The molecule has 0 aliphatic heterocycles. The number of sulfonamides is 1. The second-order valence-corrected chi connectivity index (χ2v) is 7.89. The maximum Gasteiger partial charge on any atom is 0.241 e. The van der Waals surface area contributed by atoms with E-state index in [1.54, 1.807) is 6.07 Å². The minimum absolute atomic E-state index is 0.122. The number of benzene rings is 1. The van der Waals surface area contributed by atoms with Crippen LogP contribution in [-0.2, 0) is 16.6 Å². The molecule has 0 radical (unpaired) electrons. The topological polar surface area (TPSA) is 58.2 Å². The van der Waals surface area contributed by atoms with Crippen molar-refractivity contribution in [1.29, 1.82) is 0 Å². The first-order valence-corrected chi connectivity index (χ1v) is 9.17. The van der Waals surface area contributed by atoms with Crippen LogP contribution in [0.25, 0.3) is 0 Å². The first-order valence-electron chi connectivity index (χ1n) is 7.69. The van der Waals surface area contributed by atoms with Gasteiger partial charge in [-0.2, -0.15) is 0 Å². The molecule has 2 atom stereocenters. The van der Waals surface area contributed by atoms with Gasteiger partial charge in [-0.1, -0.05) is 39.3 Å². The first-order chi connectivity index (χ1) is 9.85. The van der Waals surface area contributed by atoms with Gasteiger partial charge < -0.3 is 5.32 Å². The van der Waals surface area contributed by atoms with E-state index in [0.29, 0.717) is 23.4 Å². The van der Waals surface area contributed by atoms with Crippen LogP contribution in [0.15, 0.2) is 23.1 Å². The SMILES string of the molecule is CCC1CC1NS(=O)(=O)c1cccc(CNC(C)C)c1C. The molecule has 1 aliphatic rings. The summed E-state index contributed by atoms with van der Waals surface area (Å²) < 4.78 is 27.9. The molecule has 1 aromatic rings. The van der Waals surface area contributed by atoms with Crippen LogP contribution in [-0.4, -0.2) is 20.5 Å². The minimum atomic E-state index is -3.41. The Morgan fingerprint density at radius 1 is 1.33 bits per heavy atom. The van der Waals surface area contributed by atoms with E-state index in [9.17, 15) is 8.42 Å². The lowest BCUT2D eigenvalue weighted by Crippen LogP contribution is -2.28. The van der Waals surface area contributed by atoms with E-state index < -0.39 is 10.0 Å². The van der Waals surface area contributed by atoms with Crippen LogP contribution in [0, 0.1) is 12.8 Å². The van der Waals surface area contributed by atoms with Crippen molar-refractivity contribution in [2.24, 2.45) is 5.92 Å². The summed E-state index contributed by atoms with van der Waals surface area (Å²) in [7, 11) is -3.41. The van der Waals surface area contributed by atoms with E-state index in [4.69, 9.17) is 0 Å². The summed E-state index contributed by atoms with van der Waals surface area (Å²) in [6.07, 6.45) is 1.99. The van der Waals surface area contributed by atoms with Crippen LogP contribution in [0.1, 0.15) is 44.7 Å². The third-order valence-corrected chi connectivity index (χ3v) is 5.77. The summed E-state index contributed by atoms with van der Waals surface area (Å²) in [5.41, 5.74) is 1.88. The molecule has 5 heteroatoms. The summed E-state index contributed by atoms with van der Waals surface area (Å²) in [5, 5.41) is 3.34. The van der Waals surface area contributed by atoms with Gasteiger partial charge >= 0.3 is 0 Å². The van der Waals surface area contributed by atoms with Gasteiger partial charge in [-0.3, -0.25) is 0 Å². The molecule has 1 aromatic carbocycles. The van der Waals surface area contributed by atoms with Gasteiger partial charge in [0.25, 0.3) is 0 Å². The molecule has 2 rings (SSSR count). The lowest BCUT2D eigenvalue weighted by molar-refractivity contribution is 0.573. The normalized spacial score (nSPS) is 21.8. The highest BCUT2D eigenvalue weighted by Gasteiger charge is 2.38. The second-order valence-electron chi connectivity index (χ2n) is 6.21. The molecule has 0 spiro atoms. The Morgan fingerprint density at radius 2 is 2.05 bits per heavy atom. The molecule has 1 fully saturated rings. The largest absolute Gasteiger partial charge is 0.310 e. The van der Waals surface area contributed by atoms with E-state index in [1.165, 1.54) is 0 Å². The van der Waals surface area contributed by atoms with Gasteiger partial charge in [0.05, 0.1) is 4.90 Å². The molecule has 2 unspecified atom stereocenters. The summed E-state index contributed by atoms with van der Waals surface area (Å²) >= 11 is 0. The Kier molecular flexibility index (Phi) is 5.07. The molecule has 1 aliphatic carbocycles. The van der Waals surface area contributed by atoms with Crippen molar-refractivity contribution in [2.75, 3.05) is 0 Å². The van der Waals surface area contributed by atoms with Gasteiger partial charge in [0.1, 0.15) is 0 Å². The van der Waals surface area contributed by atoms with Crippen molar-refractivity contribution in [2.45, 2.75) is 64.1 Å². The van der Waals surface area contributed by atoms with Crippen molar-refractivity contribution >= 4 is 10.0 Å².